The predicted octanol–water partition coefficient (Wildman–Crippen LogP) is -5.25. The van der Waals surface area contributed by atoms with E-state index in [1.54, 1.807) is 0 Å². The highest BCUT2D eigenvalue weighted by atomic mass is 16.4. The van der Waals surface area contributed by atoms with Gasteiger partial charge in [0.2, 0.25) is 0 Å². The average Bonchev–Trinajstić information content (AvgIpc) is 2.43. The minimum absolute atomic E-state index is 0.526. The van der Waals surface area contributed by atoms with Crippen LogP contribution in [0.3, 0.4) is 0 Å². The summed E-state index contributed by atoms with van der Waals surface area (Å²) in [4.78, 5) is 0. The number of aliphatic hydroxyl groups is 9. The van der Waals surface area contributed by atoms with Crippen molar-refractivity contribution in [3.8, 4) is 0 Å². The maximum absolute atomic E-state index is 8.77. The summed E-state index contributed by atoms with van der Waals surface area (Å²) in [5, 5.41) is 75.7. The van der Waals surface area contributed by atoms with Gasteiger partial charge < -0.3 is 46.0 Å². The van der Waals surface area contributed by atoms with E-state index in [1.165, 1.54) is 0 Å². The van der Waals surface area contributed by atoms with Crippen molar-refractivity contribution in [2.75, 3.05) is 26.4 Å². The highest BCUT2D eigenvalue weighted by Gasteiger charge is 2.22. The lowest BCUT2D eigenvalue weighted by molar-refractivity contribution is -0.0900. The molecule has 0 radical (unpaired) electrons. The summed E-state index contributed by atoms with van der Waals surface area (Å²) in [5.41, 5.74) is 0. The van der Waals surface area contributed by atoms with Crippen molar-refractivity contribution < 1.29 is 46.0 Å². The Balaban J connectivity index is 0. The third-order valence-electron chi connectivity index (χ3n) is 1.98. The van der Waals surface area contributed by atoms with E-state index >= 15 is 0 Å². The van der Waals surface area contributed by atoms with Gasteiger partial charge in [-0.25, -0.2) is 0 Å². The lowest BCUT2D eigenvalue weighted by atomic mass is 10.1. The molecule has 112 valence electrons. The van der Waals surface area contributed by atoms with Gasteiger partial charge in [-0.1, -0.05) is 0 Å². The molecule has 0 rings (SSSR count). The first kappa shape index (κ1) is 20.0. The molecule has 0 saturated heterocycles. The van der Waals surface area contributed by atoms with Crippen LogP contribution in [0.15, 0.2) is 0 Å². The van der Waals surface area contributed by atoms with E-state index in [0.717, 1.165) is 0 Å². The third kappa shape index (κ3) is 8.69. The van der Waals surface area contributed by atoms with Crippen LogP contribution in [-0.2, 0) is 0 Å². The number of hydrogen-bond donors (Lipinski definition) is 9. The Morgan fingerprint density at radius 3 is 0.833 bits per heavy atom. The molecule has 5 atom stereocenters. The van der Waals surface area contributed by atoms with Gasteiger partial charge in [-0.3, -0.25) is 0 Å². The minimum atomic E-state index is -1.49. The summed E-state index contributed by atoms with van der Waals surface area (Å²) < 4.78 is 0. The summed E-state index contributed by atoms with van der Waals surface area (Å²) in [6, 6.07) is 0. The fourth-order valence-corrected chi connectivity index (χ4v) is 0.716. The second-order valence-corrected chi connectivity index (χ2v) is 3.49. The molecule has 0 aromatic rings. The quantitative estimate of drug-likeness (QED) is 0.219. The van der Waals surface area contributed by atoms with Gasteiger partial charge in [0.25, 0.3) is 0 Å². The maximum atomic E-state index is 8.77. The van der Waals surface area contributed by atoms with Gasteiger partial charge in [0.1, 0.15) is 30.5 Å². The monoisotopic (exact) mass is 274 g/mol. The van der Waals surface area contributed by atoms with Crippen molar-refractivity contribution in [2.24, 2.45) is 0 Å². The molecular weight excluding hydrogens is 252 g/mol. The Kier molecular flexibility index (Phi) is 13.0. The molecular formula is C9H22O9. The standard InChI is InChI=1S/C5H12O5.C4H10O4/c6-1-3(8)5(10)4(9)2-7;5-1-3(7)4(8)2-6/h3-10H,1-2H2;3-8H,1-2H2/t3-,4+,5?;. The Hall–Kier alpha value is -0.360. The fraction of sp³-hybridized carbons (Fsp3) is 1.00. The van der Waals surface area contributed by atoms with Gasteiger partial charge >= 0.3 is 0 Å². The highest BCUT2D eigenvalue weighted by Crippen LogP contribution is 1.98. The first-order chi connectivity index (χ1) is 8.35. The second-order valence-electron chi connectivity index (χ2n) is 3.49. The topological polar surface area (TPSA) is 182 Å². The van der Waals surface area contributed by atoms with Crippen molar-refractivity contribution in [3.05, 3.63) is 0 Å². The van der Waals surface area contributed by atoms with E-state index in [9.17, 15) is 0 Å². The largest absolute Gasteiger partial charge is 0.394 e. The predicted molar refractivity (Wildman–Crippen MR) is 58.4 cm³/mol. The Bertz CT molecular complexity index is 161. The molecule has 0 aliphatic rings. The molecule has 0 spiro atoms. The summed E-state index contributed by atoms with van der Waals surface area (Å²) >= 11 is 0. The smallest absolute Gasteiger partial charge is 0.110 e. The molecule has 0 aliphatic heterocycles. The van der Waals surface area contributed by atoms with Crippen LogP contribution < -0.4 is 0 Å². The van der Waals surface area contributed by atoms with Crippen LogP contribution in [0, 0.1) is 0 Å². The van der Waals surface area contributed by atoms with Crippen molar-refractivity contribution in [3.63, 3.8) is 0 Å². The van der Waals surface area contributed by atoms with Crippen LogP contribution in [0.4, 0.5) is 0 Å². The van der Waals surface area contributed by atoms with E-state index < -0.39 is 56.9 Å². The zero-order chi connectivity index (χ0) is 14.7. The molecule has 9 N–H and O–H groups in total. The molecule has 0 aromatic heterocycles. The highest BCUT2D eigenvalue weighted by molar-refractivity contribution is 4.73. The van der Waals surface area contributed by atoms with Crippen molar-refractivity contribution in [2.45, 2.75) is 30.5 Å². The van der Waals surface area contributed by atoms with E-state index in [2.05, 4.69) is 0 Å². The number of rotatable bonds is 7. The van der Waals surface area contributed by atoms with Crippen LogP contribution in [0.1, 0.15) is 0 Å². The Morgan fingerprint density at radius 2 is 0.667 bits per heavy atom. The van der Waals surface area contributed by atoms with Gasteiger partial charge in [-0.15, -0.1) is 0 Å². The van der Waals surface area contributed by atoms with Crippen molar-refractivity contribution in [1.82, 2.24) is 0 Å². The van der Waals surface area contributed by atoms with Crippen molar-refractivity contribution >= 4 is 0 Å². The molecule has 3 unspecified atom stereocenters. The first-order valence-electron chi connectivity index (χ1n) is 5.19. The maximum Gasteiger partial charge on any atom is 0.110 e. The van der Waals surface area contributed by atoms with Crippen LogP contribution >= 0.6 is 0 Å². The molecule has 0 amide bonds. The first-order valence-corrected chi connectivity index (χ1v) is 5.19. The zero-order valence-corrected chi connectivity index (χ0v) is 9.74. The molecule has 9 nitrogen and oxygen atoms in total. The molecule has 9 heteroatoms. The average molecular weight is 274 g/mol. The number of aliphatic hydroxyl groups excluding tert-OH is 9. The van der Waals surface area contributed by atoms with Crippen LogP contribution in [-0.4, -0.2) is 103 Å². The molecule has 18 heavy (non-hydrogen) atoms. The number of hydrogen-bond acceptors (Lipinski definition) is 9. The summed E-state index contributed by atoms with van der Waals surface area (Å²) in [5.74, 6) is 0. The Morgan fingerprint density at radius 1 is 0.444 bits per heavy atom. The van der Waals surface area contributed by atoms with E-state index in [1.807, 2.05) is 0 Å². The molecule has 0 aliphatic carbocycles. The van der Waals surface area contributed by atoms with Gasteiger partial charge in [0.05, 0.1) is 26.4 Å². The fourth-order valence-electron chi connectivity index (χ4n) is 0.716. The van der Waals surface area contributed by atoms with Crippen LogP contribution in [0.25, 0.3) is 0 Å². The normalized spacial score (nSPS) is 19.2. The van der Waals surface area contributed by atoms with E-state index in [-0.39, 0.29) is 0 Å². The molecule has 0 heterocycles. The van der Waals surface area contributed by atoms with E-state index in [4.69, 9.17) is 46.0 Å². The molecule has 0 aromatic carbocycles. The molecule has 0 saturated carbocycles. The molecule has 0 bridgehead atoms. The summed E-state index contributed by atoms with van der Waals surface area (Å²) in [6.45, 7) is -2.33. The third-order valence-corrected chi connectivity index (χ3v) is 1.98. The SMILES string of the molecule is OCC(O)C(O)CO.OC[C@@H](O)C(O)[C@@H](O)CO. The lowest BCUT2D eigenvalue weighted by Gasteiger charge is -2.19. The lowest BCUT2D eigenvalue weighted by Crippen LogP contribution is -2.41. The van der Waals surface area contributed by atoms with Crippen molar-refractivity contribution in [1.29, 1.82) is 0 Å². The van der Waals surface area contributed by atoms with E-state index in [0.29, 0.717) is 0 Å². The van der Waals surface area contributed by atoms with Gasteiger partial charge in [0, 0.05) is 0 Å². The zero-order valence-electron chi connectivity index (χ0n) is 9.74. The van der Waals surface area contributed by atoms with Gasteiger partial charge in [-0.05, 0) is 0 Å². The second kappa shape index (κ2) is 11.7. The summed E-state index contributed by atoms with van der Waals surface area (Å²) in [7, 11) is 0. The van der Waals surface area contributed by atoms with Crippen LogP contribution in [0.5, 0.6) is 0 Å². The van der Waals surface area contributed by atoms with Gasteiger partial charge in [0.15, 0.2) is 0 Å². The van der Waals surface area contributed by atoms with Gasteiger partial charge in [-0.2, -0.15) is 0 Å². The Labute approximate surface area is 104 Å². The van der Waals surface area contributed by atoms with Crippen LogP contribution in [0.2, 0.25) is 0 Å². The molecule has 0 fully saturated rings. The minimum Gasteiger partial charge on any atom is -0.394 e. The summed E-state index contributed by atoms with van der Waals surface area (Å²) in [6.07, 6.45) is -6.74.